The molecule has 0 unspecified atom stereocenters. The van der Waals surface area contributed by atoms with Gasteiger partial charge in [-0.1, -0.05) is 34.6 Å². The first-order valence-corrected chi connectivity index (χ1v) is 8.81. The van der Waals surface area contributed by atoms with Crippen molar-refractivity contribution >= 4 is 33.7 Å². The highest BCUT2D eigenvalue weighted by Gasteiger charge is 2.24. The molecule has 0 aliphatic carbocycles. The molecule has 0 atom stereocenters. The quantitative estimate of drug-likeness (QED) is 0.516. The van der Waals surface area contributed by atoms with Crippen LogP contribution in [0.25, 0.3) is 5.76 Å². The lowest BCUT2D eigenvalue weighted by atomic mass is 10.1. The van der Waals surface area contributed by atoms with Gasteiger partial charge < -0.3 is 14.4 Å². The molecule has 0 saturated heterocycles. The molecule has 0 spiro atoms. The topological polar surface area (TPSA) is 38.8 Å². The van der Waals surface area contributed by atoms with Crippen molar-refractivity contribution in [1.29, 1.82) is 0 Å². The van der Waals surface area contributed by atoms with Crippen LogP contribution in [0.15, 0.2) is 83.2 Å². The molecule has 0 fully saturated rings. The second-order valence-corrected chi connectivity index (χ2v) is 6.56. The Morgan fingerprint density at radius 1 is 1.15 bits per heavy atom. The molecule has 1 aliphatic heterocycles. The molecule has 26 heavy (non-hydrogen) atoms. The van der Waals surface area contributed by atoms with Crippen LogP contribution in [-0.2, 0) is 9.53 Å². The van der Waals surface area contributed by atoms with Crippen molar-refractivity contribution < 1.29 is 14.3 Å². The van der Waals surface area contributed by atoms with Crippen LogP contribution in [-0.4, -0.2) is 19.9 Å². The first kappa shape index (κ1) is 18.0. The van der Waals surface area contributed by atoms with Gasteiger partial charge in [-0.2, -0.15) is 0 Å². The maximum atomic E-state index is 10.9. The van der Waals surface area contributed by atoms with Crippen LogP contribution in [0.3, 0.4) is 0 Å². The van der Waals surface area contributed by atoms with E-state index in [1.54, 1.807) is 13.2 Å². The fourth-order valence-corrected chi connectivity index (χ4v) is 2.97. The summed E-state index contributed by atoms with van der Waals surface area (Å²) in [6, 6.07) is 15.5. The van der Waals surface area contributed by atoms with Gasteiger partial charge in [0.1, 0.15) is 17.8 Å². The number of benzene rings is 2. The Hall–Kier alpha value is -2.79. The standard InChI is InChI=1S/C21H18BrNO3/c1-15-14-23(18-9-11-19(25-2)12-10-18)20(4-3-13-24)21(26-15)16-5-7-17(22)8-6-16/h3-13H,1,14H2,2H3/b4-3+. The summed E-state index contributed by atoms with van der Waals surface area (Å²) in [4.78, 5) is 13.0. The molecule has 3 rings (SSSR count). The summed E-state index contributed by atoms with van der Waals surface area (Å²) in [7, 11) is 1.63. The molecule has 0 amide bonds. The zero-order valence-corrected chi connectivity index (χ0v) is 15.9. The Balaban J connectivity index is 2.12. The smallest absolute Gasteiger partial charge is 0.157 e. The van der Waals surface area contributed by atoms with E-state index in [9.17, 15) is 4.79 Å². The van der Waals surface area contributed by atoms with Gasteiger partial charge in [0.15, 0.2) is 5.76 Å². The van der Waals surface area contributed by atoms with Crippen LogP contribution < -0.4 is 9.64 Å². The summed E-state index contributed by atoms with van der Waals surface area (Å²) in [6.45, 7) is 4.50. The number of anilines is 1. The fourth-order valence-electron chi connectivity index (χ4n) is 2.71. The van der Waals surface area contributed by atoms with E-state index in [4.69, 9.17) is 9.47 Å². The Morgan fingerprint density at radius 3 is 2.46 bits per heavy atom. The van der Waals surface area contributed by atoms with Gasteiger partial charge in [-0.25, -0.2) is 0 Å². The van der Waals surface area contributed by atoms with Gasteiger partial charge in [0.2, 0.25) is 0 Å². The van der Waals surface area contributed by atoms with Crippen molar-refractivity contribution in [1.82, 2.24) is 0 Å². The molecule has 5 heteroatoms. The molecule has 0 radical (unpaired) electrons. The third kappa shape index (κ3) is 3.89. The van der Waals surface area contributed by atoms with E-state index in [0.29, 0.717) is 18.1 Å². The predicted molar refractivity (Wildman–Crippen MR) is 107 cm³/mol. The van der Waals surface area contributed by atoms with Crippen LogP contribution in [0, 0.1) is 0 Å². The second-order valence-electron chi connectivity index (χ2n) is 5.64. The number of carbonyl (C=O) groups is 1. The monoisotopic (exact) mass is 411 g/mol. The third-order valence-electron chi connectivity index (χ3n) is 3.93. The van der Waals surface area contributed by atoms with Crippen molar-refractivity contribution in [2.75, 3.05) is 18.6 Å². The summed E-state index contributed by atoms with van der Waals surface area (Å²) in [5, 5.41) is 0. The van der Waals surface area contributed by atoms with Crippen LogP contribution in [0.2, 0.25) is 0 Å². The van der Waals surface area contributed by atoms with Crippen molar-refractivity contribution in [2.45, 2.75) is 0 Å². The van der Waals surface area contributed by atoms with E-state index in [2.05, 4.69) is 27.4 Å². The highest BCUT2D eigenvalue weighted by Crippen LogP contribution is 2.35. The molecule has 4 nitrogen and oxygen atoms in total. The van der Waals surface area contributed by atoms with Gasteiger partial charge in [0, 0.05) is 15.7 Å². The van der Waals surface area contributed by atoms with E-state index in [-0.39, 0.29) is 0 Å². The Bertz CT molecular complexity index is 867. The SMILES string of the molecule is C=C1CN(c2ccc(OC)cc2)C(/C=C/C=O)=C(c2ccc(Br)cc2)O1. The highest BCUT2D eigenvalue weighted by atomic mass is 79.9. The molecule has 1 aliphatic rings. The largest absolute Gasteiger partial charge is 0.497 e. The predicted octanol–water partition coefficient (Wildman–Crippen LogP) is 4.93. The Morgan fingerprint density at radius 2 is 1.85 bits per heavy atom. The molecule has 2 aromatic carbocycles. The summed E-state index contributed by atoms with van der Waals surface area (Å²) >= 11 is 3.44. The molecule has 132 valence electrons. The first-order valence-electron chi connectivity index (χ1n) is 8.01. The van der Waals surface area contributed by atoms with Gasteiger partial charge in [-0.05, 0) is 48.6 Å². The highest BCUT2D eigenvalue weighted by molar-refractivity contribution is 9.10. The van der Waals surface area contributed by atoms with E-state index in [0.717, 1.165) is 33.5 Å². The number of allylic oxidation sites excluding steroid dienone is 2. The molecule has 0 saturated carbocycles. The average molecular weight is 412 g/mol. The van der Waals surface area contributed by atoms with Crippen molar-refractivity contribution in [3.8, 4) is 5.75 Å². The maximum Gasteiger partial charge on any atom is 0.157 e. The number of rotatable bonds is 5. The number of nitrogens with zero attached hydrogens (tertiary/aromatic N) is 1. The number of methoxy groups -OCH3 is 1. The molecule has 2 aromatic rings. The number of hydrogen-bond acceptors (Lipinski definition) is 4. The van der Waals surface area contributed by atoms with E-state index in [1.165, 1.54) is 6.08 Å². The van der Waals surface area contributed by atoms with Crippen LogP contribution in [0.4, 0.5) is 5.69 Å². The molecule has 0 N–H and O–H groups in total. The van der Waals surface area contributed by atoms with Gasteiger partial charge in [-0.3, -0.25) is 4.79 Å². The van der Waals surface area contributed by atoms with E-state index in [1.807, 2.05) is 48.5 Å². The van der Waals surface area contributed by atoms with Crippen molar-refractivity contribution in [3.05, 3.63) is 88.8 Å². The van der Waals surface area contributed by atoms with E-state index < -0.39 is 0 Å². The average Bonchev–Trinajstić information content (AvgIpc) is 2.67. The summed E-state index contributed by atoms with van der Waals surface area (Å²) in [6.07, 6.45) is 3.96. The number of halogens is 1. The van der Waals surface area contributed by atoms with Gasteiger partial charge >= 0.3 is 0 Å². The number of hydrogen-bond donors (Lipinski definition) is 0. The molecular weight excluding hydrogens is 394 g/mol. The maximum absolute atomic E-state index is 10.9. The lowest BCUT2D eigenvalue weighted by Gasteiger charge is -2.33. The van der Waals surface area contributed by atoms with Crippen LogP contribution in [0.5, 0.6) is 5.75 Å². The van der Waals surface area contributed by atoms with Gasteiger partial charge in [-0.15, -0.1) is 0 Å². The summed E-state index contributed by atoms with van der Waals surface area (Å²) < 4.78 is 12.2. The first-order chi connectivity index (χ1) is 12.6. The second kappa shape index (κ2) is 8.06. The van der Waals surface area contributed by atoms with Crippen LogP contribution >= 0.6 is 15.9 Å². The van der Waals surface area contributed by atoms with E-state index >= 15 is 0 Å². The minimum atomic E-state index is 0.491. The molecule has 0 aromatic heterocycles. The summed E-state index contributed by atoms with van der Waals surface area (Å²) in [5.74, 6) is 2.06. The molecule has 1 heterocycles. The van der Waals surface area contributed by atoms with Crippen molar-refractivity contribution in [2.24, 2.45) is 0 Å². The zero-order chi connectivity index (χ0) is 18.5. The number of aldehydes is 1. The Kier molecular flexibility index (Phi) is 5.58. The molecule has 0 bridgehead atoms. The summed E-state index contributed by atoms with van der Waals surface area (Å²) in [5.41, 5.74) is 2.64. The Labute approximate surface area is 161 Å². The lowest BCUT2D eigenvalue weighted by Crippen LogP contribution is -2.30. The number of ether oxygens (including phenoxy) is 2. The van der Waals surface area contributed by atoms with Gasteiger partial charge in [0.05, 0.1) is 19.4 Å². The normalized spacial score (nSPS) is 14.5. The van der Waals surface area contributed by atoms with Crippen LogP contribution in [0.1, 0.15) is 5.56 Å². The minimum absolute atomic E-state index is 0.491. The third-order valence-corrected chi connectivity index (χ3v) is 4.46. The zero-order valence-electron chi connectivity index (χ0n) is 14.3. The van der Waals surface area contributed by atoms with Crippen molar-refractivity contribution in [3.63, 3.8) is 0 Å². The minimum Gasteiger partial charge on any atom is -0.497 e. The molecular formula is C21H18BrNO3. The lowest BCUT2D eigenvalue weighted by molar-refractivity contribution is -0.104. The fraction of sp³-hybridized carbons (Fsp3) is 0.0952. The number of carbonyl (C=O) groups excluding carboxylic acids is 1. The van der Waals surface area contributed by atoms with Gasteiger partial charge in [0.25, 0.3) is 0 Å².